The summed E-state index contributed by atoms with van der Waals surface area (Å²) >= 11 is 5.69. The Morgan fingerprint density at radius 2 is 1.45 bits per heavy atom. The molecule has 1 rings (SSSR count). The Bertz CT molecular complexity index is 359. The standard InChI is InChI=1S/C18H29ClO/c1-14(2)16-10-9-11-17(15(3)4)18(16)20-13-8-6-5-7-12-19/h9-11,14-15H,5-8,12-13H2,1-4H3. The lowest BCUT2D eigenvalue weighted by Crippen LogP contribution is -2.05. The van der Waals surface area contributed by atoms with Gasteiger partial charge in [0.15, 0.2) is 0 Å². The van der Waals surface area contributed by atoms with E-state index < -0.39 is 0 Å². The first-order chi connectivity index (χ1) is 9.57. The summed E-state index contributed by atoms with van der Waals surface area (Å²) in [6.45, 7) is 9.73. The molecule has 1 aromatic carbocycles. The molecule has 0 fully saturated rings. The summed E-state index contributed by atoms with van der Waals surface area (Å²) in [5.74, 6) is 2.89. The number of unbranched alkanes of at least 4 members (excludes halogenated alkanes) is 3. The van der Waals surface area contributed by atoms with Crippen LogP contribution in [0.15, 0.2) is 18.2 Å². The van der Waals surface area contributed by atoms with Crippen molar-refractivity contribution in [2.45, 2.75) is 65.2 Å². The first kappa shape index (κ1) is 17.4. The van der Waals surface area contributed by atoms with Gasteiger partial charge in [0, 0.05) is 5.88 Å². The highest BCUT2D eigenvalue weighted by atomic mass is 35.5. The maximum atomic E-state index is 6.14. The van der Waals surface area contributed by atoms with E-state index in [2.05, 4.69) is 45.9 Å². The van der Waals surface area contributed by atoms with E-state index in [9.17, 15) is 0 Å². The lowest BCUT2D eigenvalue weighted by atomic mass is 9.94. The molecule has 0 radical (unpaired) electrons. The first-order valence-electron chi connectivity index (χ1n) is 7.89. The van der Waals surface area contributed by atoms with E-state index in [1.807, 2.05) is 0 Å². The second-order valence-electron chi connectivity index (χ2n) is 6.03. The van der Waals surface area contributed by atoms with E-state index in [4.69, 9.17) is 16.3 Å². The highest BCUT2D eigenvalue weighted by Gasteiger charge is 2.14. The number of alkyl halides is 1. The summed E-state index contributed by atoms with van der Waals surface area (Å²) in [4.78, 5) is 0. The van der Waals surface area contributed by atoms with Crippen LogP contribution in [0.3, 0.4) is 0 Å². The minimum atomic E-state index is 0.500. The van der Waals surface area contributed by atoms with Gasteiger partial charge in [0.25, 0.3) is 0 Å². The van der Waals surface area contributed by atoms with E-state index in [0.717, 1.165) is 31.1 Å². The van der Waals surface area contributed by atoms with Crippen molar-refractivity contribution in [1.82, 2.24) is 0 Å². The van der Waals surface area contributed by atoms with E-state index in [1.165, 1.54) is 24.0 Å². The summed E-state index contributed by atoms with van der Waals surface area (Å²) in [6, 6.07) is 6.54. The second kappa shape index (κ2) is 9.28. The summed E-state index contributed by atoms with van der Waals surface area (Å²) in [7, 11) is 0. The van der Waals surface area contributed by atoms with E-state index in [1.54, 1.807) is 0 Å². The van der Waals surface area contributed by atoms with Gasteiger partial charge in [-0.25, -0.2) is 0 Å². The van der Waals surface area contributed by atoms with Crippen molar-refractivity contribution in [3.63, 3.8) is 0 Å². The minimum absolute atomic E-state index is 0.500. The fourth-order valence-corrected chi connectivity index (χ4v) is 2.56. The van der Waals surface area contributed by atoms with E-state index in [0.29, 0.717) is 11.8 Å². The van der Waals surface area contributed by atoms with Gasteiger partial charge >= 0.3 is 0 Å². The van der Waals surface area contributed by atoms with Crippen LogP contribution in [-0.2, 0) is 0 Å². The number of benzene rings is 1. The molecule has 0 unspecified atom stereocenters. The normalized spacial score (nSPS) is 11.3. The van der Waals surface area contributed by atoms with Crippen molar-refractivity contribution in [1.29, 1.82) is 0 Å². The topological polar surface area (TPSA) is 9.23 Å². The maximum Gasteiger partial charge on any atom is 0.126 e. The zero-order valence-electron chi connectivity index (χ0n) is 13.4. The van der Waals surface area contributed by atoms with Gasteiger partial charge < -0.3 is 4.74 Å². The van der Waals surface area contributed by atoms with Crippen molar-refractivity contribution in [3.8, 4) is 5.75 Å². The van der Waals surface area contributed by atoms with Crippen molar-refractivity contribution in [3.05, 3.63) is 29.3 Å². The molecule has 114 valence electrons. The van der Waals surface area contributed by atoms with Gasteiger partial charge in [-0.15, -0.1) is 11.6 Å². The van der Waals surface area contributed by atoms with Crippen LogP contribution < -0.4 is 4.74 Å². The molecule has 0 aliphatic rings. The molecule has 2 heteroatoms. The third kappa shape index (κ3) is 5.36. The maximum absolute atomic E-state index is 6.14. The average molecular weight is 297 g/mol. The predicted octanol–water partition coefficient (Wildman–Crippen LogP) is 6.11. The van der Waals surface area contributed by atoms with Crippen LogP contribution in [0.25, 0.3) is 0 Å². The van der Waals surface area contributed by atoms with E-state index >= 15 is 0 Å². The van der Waals surface area contributed by atoms with Gasteiger partial charge in [-0.2, -0.15) is 0 Å². The molecule has 0 saturated heterocycles. The molecule has 0 bridgehead atoms. The van der Waals surface area contributed by atoms with Crippen LogP contribution in [0.4, 0.5) is 0 Å². The highest BCUT2D eigenvalue weighted by molar-refractivity contribution is 6.17. The summed E-state index contributed by atoms with van der Waals surface area (Å²) in [5.41, 5.74) is 2.66. The van der Waals surface area contributed by atoms with Gasteiger partial charge in [-0.3, -0.25) is 0 Å². The van der Waals surface area contributed by atoms with Crippen LogP contribution in [0, 0.1) is 0 Å². The molecule has 0 N–H and O–H groups in total. The first-order valence-corrected chi connectivity index (χ1v) is 8.43. The molecule has 1 aromatic rings. The van der Waals surface area contributed by atoms with Gasteiger partial charge in [0.1, 0.15) is 5.75 Å². The largest absolute Gasteiger partial charge is 0.493 e. The molecular formula is C18H29ClO. The SMILES string of the molecule is CC(C)c1cccc(C(C)C)c1OCCCCCCCl. The minimum Gasteiger partial charge on any atom is -0.493 e. The Morgan fingerprint density at radius 1 is 0.900 bits per heavy atom. The number of para-hydroxylation sites is 1. The smallest absolute Gasteiger partial charge is 0.126 e. The van der Waals surface area contributed by atoms with Crippen LogP contribution in [0.2, 0.25) is 0 Å². The number of halogens is 1. The van der Waals surface area contributed by atoms with Gasteiger partial charge in [-0.1, -0.05) is 58.7 Å². The highest BCUT2D eigenvalue weighted by Crippen LogP contribution is 2.34. The van der Waals surface area contributed by atoms with Crippen molar-refractivity contribution >= 4 is 11.6 Å². The van der Waals surface area contributed by atoms with Gasteiger partial charge in [0.2, 0.25) is 0 Å². The molecule has 0 heterocycles. The molecule has 0 aliphatic carbocycles. The van der Waals surface area contributed by atoms with Gasteiger partial charge in [-0.05, 0) is 35.8 Å². The summed E-state index contributed by atoms with van der Waals surface area (Å²) in [6.07, 6.45) is 4.63. The summed E-state index contributed by atoms with van der Waals surface area (Å²) in [5, 5.41) is 0. The van der Waals surface area contributed by atoms with Crippen molar-refractivity contribution < 1.29 is 4.74 Å². The third-order valence-corrected chi connectivity index (χ3v) is 3.86. The summed E-state index contributed by atoms with van der Waals surface area (Å²) < 4.78 is 6.14. The van der Waals surface area contributed by atoms with Crippen LogP contribution in [-0.4, -0.2) is 12.5 Å². The Hall–Kier alpha value is -0.690. The Labute approximate surface area is 129 Å². The van der Waals surface area contributed by atoms with Gasteiger partial charge in [0.05, 0.1) is 6.61 Å². The molecule has 0 atom stereocenters. The van der Waals surface area contributed by atoms with Crippen molar-refractivity contribution in [2.24, 2.45) is 0 Å². The molecule has 1 nitrogen and oxygen atoms in total. The average Bonchev–Trinajstić information content (AvgIpc) is 2.42. The monoisotopic (exact) mass is 296 g/mol. The Balaban J connectivity index is 2.66. The second-order valence-corrected chi connectivity index (χ2v) is 6.40. The Kier molecular flexibility index (Phi) is 8.06. The lowest BCUT2D eigenvalue weighted by Gasteiger charge is -2.20. The number of hydrogen-bond acceptors (Lipinski definition) is 1. The zero-order chi connectivity index (χ0) is 15.0. The van der Waals surface area contributed by atoms with Crippen molar-refractivity contribution in [2.75, 3.05) is 12.5 Å². The molecule has 0 amide bonds. The third-order valence-electron chi connectivity index (χ3n) is 3.59. The molecular weight excluding hydrogens is 268 g/mol. The fraction of sp³-hybridized carbons (Fsp3) is 0.667. The van der Waals surface area contributed by atoms with Crippen LogP contribution >= 0.6 is 11.6 Å². The number of rotatable bonds is 9. The molecule has 20 heavy (non-hydrogen) atoms. The quantitative estimate of drug-likeness (QED) is 0.394. The number of ether oxygens (including phenoxy) is 1. The lowest BCUT2D eigenvalue weighted by molar-refractivity contribution is 0.297. The molecule has 0 aliphatic heterocycles. The predicted molar refractivity (Wildman–Crippen MR) is 89.3 cm³/mol. The van der Waals surface area contributed by atoms with Crippen LogP contribution in [0.1, 0.15) is 76.3 Å². The number of hydrogen-bond donors (Lipinski definition) is 0. The molecule has 0 aromatic heterocycles. The molecule has 0 saturated carbocycles. The van der Waals surface area contributed by atoms with E-state index in [-0.39, 0.29) is 0 Å². The fourth-order valence-electron chi connectivity index (χ4n) is 2.37. The van der Waals surface area contributed by atoms with Crippen LogP contribution in [0.5, 0.6) is 5.75 Å². The molecule has 0 spiro atoms. The zero-order valence-corrected chi connectivity index (χ0v) is 14.2. The Morgan fingerprint density at radius 3 is 1.95 bits per heavy atom.